The first-order valence-electron chi connectivity index (χ1n) is 11.4. The monoisotopic (exact) mass is 486 g/mol. The SMILES string of the molecule is CN(CC(O)CNC(C)(C)CC1Cc2ccccc2C1)S(=O)(=O)c1ccc(/C=C\C(=O)O)cc1. The summed E-state index contributed by atoms with van der Waals surface area (Å²) in [5.74, 6) is -0.524. The summed E-state index contributed by atoms with van der Waals surface area (Å²) in [6, 6.07) is 14.5. The minimum absolute atomic E-state index is 0.0407. The number of nitrogens with one attached hydrogen (secondary N) is 1. The highest BCUT2D eigenvalue weighted by molar-refractivity contribution is 7.89. The largest absolute Gasteiger partial charge is 0.478 e. The van der Waals surface area contributed by atoms with Gasteiger partial charge in [0.1, 0.15) is 0 Å². The molecule has 0 aliphatic heterocycles. The number of nitrogens with zero attached hydrogens (tertiary/aromatic N) is 1. The number of aliphatic hydroxyl groups is 1. The van der Waals surface area contributed by atoms with Crippen LogP contribution in [0.15, 0.2) is 59.5 Å². The fourth-order valence-corrected chi connectivity index (χ4v) is 5.75. The van der Waals surface area contributed by atoms with Crippen LogP contribution in [0, 0.1) is 5.92 Å². The second-order valence-corrected chi connectivity index (χ2v) is 11.7. The van der Waals surface area contributed by atoms with Gasteiger partial charge in [-0.3, -0.25) is 0 Å². The Hall–Kier alpha value is -2.52. The van der Waals surface area contributed by atoms with E-state index in [4.69, 9.17) is 5.11 Å². The predicted octanol–water partition coefficient (Wildman–Crippen LogP) is 2.94. The van der Waals surface area contributed by atoms with Gasteiger partial charge in [0.05, 0.1) is 11.0 Å². The number of hydrogen-bond donors (Lipinski definition) is 3. The maximum absolute atomic E-state index is 12.9. The molecule has 1 aliphatic rings. The fourth-order valence-electron chi connectivity index (χ4n) is 4.54. The minimum atomic E-state index is -3.78. The van der Waals surface area contributed by atoms with Crippen LogP contribution in [0.25, 0.3) is 6.08 Å². The van der Waals surface area contributed by atoms with E-state index in [9.17, 15) is 18.3 Å². The van der Waals surface area contributed by atoms with Gasteiger partial charge >= 0.3 is 5.97 Å². The number of aliphatic hydroxyl groups excluding tert-OH is 1. The van der Waals surface area contributed by atoms with E-state index in [2.05, 4.69) is 43.4 Å². The van der Waals surface area contributed by atoms with Crippen LogP contribution in [0.2, 0.25) is 0 Å². The lowest BCUT2D eigenvalue weighted by molar-refractivity contribution is -0.131. The quantitative estimate of drug-likeness (QED) is 0.422. The van der Waals surface area contributed by atoms with Crippen LogP contribution in [0.4, 0.5) is 0 Å². The second kappa shape index (κ2) is 10.8. The molecule has 0 saturated carbocycles. The number of aliphatic carboxylic acids is 1. The number of carboxylic acid groups (broad SMARTS) is 1. The number of β-amino-alcohol motifs (C(OH)–C–C–N with tert-alkyl or cyclic N) is 1. The smallest absolute Gasteiger partial charge is 0.328 e. The summed E-state index contributed by atoms with van der Waals surface area (Å²) in [7, 11) is -2.34. The van der Waals surface area contributed by atoms with Gasteiger partial charge in [-0.05, 0) is 73.9 Å². The summed E-state index contributed by atoms with van der Waals surface area (Å²) < 4.78 is 26.9. The standard InChI is InChI=1S/C26H34N2O5S/c1-26(2,16-20-14-21-6-4-5-7-22(21)15-20)27-17-23(29)18-28(3)34(32,33)24-11-8-19(9-12-24)10-13-25(30)31/h4-13,20,23,27,29H,14-18H2,1-3H3,(H,30,31)/b13-10-. The zero-order valence-corrected chi connectivity index (χ0v) is 20.8. The van der Waals surface area contributed by atoms with Crippen LogP contribution in [-0.2, 0) is 27.7 Å². The van der Waals surface area contributed by atoms with Crippen molar-refractivity contribution in [1.29, 1.82) is 0 Å². The van der Waals surface area contributed by atoms with Gasteiger partial charge in [-0.25, -0.2) is 13.2 Å². The van der Waals surface area contributed by atoms with Gasteiger partial charge in [0.25, 0.3) is 0 Å². The van der Waals surface area contributed by atoms with Gasteiger partial charge in [0, 0.05) is 31.8 Å². The zero-order chi connectivity index (χ0) is 24.9. The maximum atomic E-state index is 12.9. The lowest BCUT2D eigenvalue weighted by Crippen LogP contribution is -2.47. The zero-order valence-electron chi connectivity index (χ0n) is 19.9. The molecule has 1 aliphatic carbocycles. The van der Waals surface area contributed by atoms with Crippen LogP contribution in [0.3, 0.4) is 0 Å². The van der Waals surface area contributed by atoms with Gasteiger partial charge in [0.15, 0.2) is 0 Å². The van der Waals surface area contributed by atoms with Crippen molar-refractivity contribution in [2.45, 2.75) is 49.6 Å². The van der Waals surface area contributed by atoms with E-state index < -0.39 is 22.1 Å². The van der Waals surface area contributed by atoms with Crippen LogP contribution < -0.4 is 5.32 Å². The molecule has 3 N–H and O–H groups in total. The van der Waals surface area contributed by atoms with Crippen LogP contribution in [0.1, 0.15) is 37.0 Å². The molecule has 1 atom stereocenters. The Bertz CT molecular complexity index is 1100. The first-order chi connectivity index (χ1) is 16.0. The Balaban J connectivity index is 1.50. The third-order valence-electron chi connectivity index (χ3n) is 6.23. The lowest BCUT2D eigenvalue weighted by Gasteiger charge is -2.31. The van der Waals surface area contributed by atoms with Crippen LogP contribution >= 0.6 is 0 Å². The van der Waals surface area contributed by atoms with Crippen molar-refractivity contribution in [3.8, 4) is 0 Å². The number of fused-ring (bicyclic) bond motifs is 1. The first kappa shape index (κ1) is 26.1. The highest BCUT2D eigenvalue weighted by Crippen LogP contribution is 2.31. The molecule has 2 aromatic rings. The molecule has 0 bridgehead atoms. The van der Waals surface area contributed by atoms with E-state index in [1.807, 2.05) is 0 Å². The Morgan fingerprint density at radius 3 is 2.29 bits per heavy atom. The summed E-state index contributed by atoms with van der Waals surface area (Å²) in [5, 5.41) is 22.6. The molecule has 2 aromatic carbocycles. The van der Waals surface area contributed by atoms with Gasteiger partial charge in [-0.15, -0.1) is 0 Å². The molecule has 184 valence electrons. The van der Waals surface area contributed by atoms with Gasteiger partial charge < -0.3 is 15.5 Å². The Labute approximate surface area is 202 Å². The van der Waals surface area contributed by atoms with E-state index in [1.165, 1.54) is 36.4 Å². The fraction of sp³-hybridized carbons (Fsp3) is 0.423. The Morgan fingerprint density at radius 1 is 1.15 bits per heavy atom. The van der Waals surface area contributed by atoms with Crippen molar-refractivity contribution in [3.63, 3.8) is 0 Å². The number of rotatable bonds is 11. The number of sulfonamides is 1. The predicted molar refractivity (Wildman–Crippen MR) is 133 cm³/mol. The molecular weight excluding hydrogens is 452 g/mol. The van der Waals surface area contributed by atoms with Crippen LogP contribution in [0.5, 0.6) is 0 Å². The van der Waals surface area contributed by atoms with Crippen molar-refractivity contribution in [3.05, 3.63) is 71.3 Å². The molecular formula is C26H34N2O5S. The van der Waals surface area contributed by atoms with E-state index in [0.717, 1.165) is 29.6 Å². The van der Waals surface area contributed by atoms with Crippen molar-refractivity contribution in [2.75, 3.05) is 20.1 Å². The molecule has 0 radical (unpaired) electrons. The van der Waals surface area contributed by atoms with Gasteiger partial charge in [-0.1, -0.05) is 36.4 Å². The summed E-state index contributed by atoms with van der Waals surface area (Å²) in [4.78, 5) is 10.7. The van der Waals surface area contributed by atoms with E-state index in [-0.39, 0.29) is 23.5 Å². The van der Waals surface area contributed by atoms with Gasteiger partial charge in [-0.2, -0.15) is 4.31 Å². The second-order valence-electron chi connectivity index (χ2n) is 9.69. The molecule has 0 saturated heterocycles. The average molecular weight is 487 g/mol. The normalized spacial score (nSPS) is 15.7. The minimum Gasteiger partial charge on any atom is -0.478 e. The van der Waals surface area contributed by atoms with E-state index in [0.29, 0.717) is 11.5 Å². The van der Waals surface area contributed by atoms with Crippen LogP contribution in [-0.4, -0.2) is 60.7 Å². The lowest BCUT2D eigenvalue weighted by atomic mass is 9.88. The van der Waals surface area contributed by atoms with E-state index >= 15 is 0 Å². The average Bonchev–Trinajstić information content (AvgIpc) is 3.18. The number of likely N-dealkylation sites (N-methyl/N-ethyl adjacent to an activating group) is 1. The molecule has 0 fully saturated rings. The highest BCUT2D eigenvalue weighted by atomic mass is 32.2. The Kier molecular flexibility index (Phi) is 8.30. The van der Waals surface area contributed by atoms with Gasteiger partial charge in [0.2, 0.25) is 10.0 Å². The van der Waals surface area contributed by atoms with Crippen molar-refractivity contribution in [2.24, 2.45) is 5.92 Å². The summed E-state index contributed by atoms with van der Waals surface area (Å²) in [5.41, 5.74) is 3.23. The molecule has 8 heteroatoms. The van der Waals surface area contributed by atoms with Crippen molar-refractivity contribution in [1.82, 2.24) is 9.62 Å². The number of hydrogen-bond acceptors (Lipinski definition) is 5. The third-order valence-corrected chi connectivity index (χ3v) is 8.06. The summed E-state index contributed by atoms with van der Waals surface area (Å²) in [6.45, 7) is 4.47. The van der Waals surface area contributed by atoms with Crippen molar-refractivity contribution >= 4 is 22.1 Å². The first-order valence-corrected chi connectivity index (χ1v) is 12.9. The third kappa shape index (κ3) is 6.99. The molecule has 34 heavy (non-hydrogen) atoms. The highest BCUT2D eigenvalue weighted by Gasteiger charge is 2.29. The molecule has 3 rings (SSSR count). The van der Waals surface area contributed by atoms with Crippen molar-refractivity contribution < 1.29 is 23.4 Å². The summed E-state index contributed by atoms with van der Waals surface area (Å²) in [6.07, 6.45) is 4.62. The molecule has 0 spiro atoms. The summed E-state index contributed by atoms with van der Waals surface area (Å²) >= 11 is 0. The molecule has 7 nitrogen and oxygen atoms in total. The number of carboxylic acids is 1. The number of carbonyl (C=O) groups is 1. The molecule has 0 aromatic heterocycles. The molecule has 0 heterocycles. The Morgan fingerprint density at radius 2 is 1.74 bits per heavy atom. The maximum Gasteiger partial charge on any atom is 0.328 e. The topological polar surface area (TPSA) is 107 Å². The number of benzene rings is 2. The van der Waals surface area contributed by atoms with E-state index in [1.54, 1.807) is 12.1 Å². The molecule has 1 unspecified atom stereocenters. The molecule has 0 amide bonds.